The summed E-state index contributed by atoms with van der Waals surface area (Å²) >= 11 is 0. The molecule has 2 fully saturated rings. The summed E-state index contributed by atoms with van der Waals surface area (Å²) in [7, 11) is 0. The number of benzene rings is 1. The molecule has 2 heterocycles. The van der Waals surface area contributed by atoms with E-state index in [4.69, 9.17) is 5.73 Å². The van der Waals surface area contributed by atoms with Crippen molar-refractivity contribution in [2.45, 2.75) is 37.8 Å². The molecule has 2 N–H and O–H groups in total. The molecule has 3 nitrogen and oxygen atoms in total. The summed E-state index contributed by atoms with van der Waals surface area (Å²) in [4.78, 5) is 5.24. The van der Waals surface area contributed by atoms with Gasteiger partial charge in [-0.05, 0) is 37.8 Å². The first-order chi connectivity index (χ1) is 9.81. The molecule has 0 aliphatic carbocycles. The predicted octanol–water partition coefficient (Wildman–Crippen LogP) is 1.73. The highest BCUT2D eigenvalue weighted by Gasteiger charge is 2.30. The van der Waals surface area contributed by atoms with Crippen molar-refractivity contribution >= 4 is 0 Å². The van der Waals surface area contributed by atoms with E-state index < -0.39 is 0 Å². The van der Waals surface area contributed by atoms with Crippen molar-refractivity contribution in [2.24, 2.45) is 5.73 Å². The van der Waals surface area contributed by atoms with Gasteiger partial charge in [0, 0.05) is 38.3 Å². The van der Waals surface area contributed by atoms with E-state index in [1.807, 2.05) is 0 Å². The predicted molar refractivity (Wildman–Crippen MR) is 83.8 cm³/mol. The van der Waals surface area contributed by atoms with Crippen LogP contribution >= 0.6 is 0 Å². The van der Waals surface area contributed by atoms with Crippen LogP contribution in [0, 0.1) is 0 Å². The molecular weight excluding hydrogens is 246 g/mol. The smallest absolute Gasteiger partial charge is 0.0224 e. The number of nitrogens with two attached hydrogens (primary N) is 1. The summed E-state index contributed by atoms with van der Waals surface area (Å²) in [6.45, 7) is 6.07. The van der Waals surface area contributed by atoms with Crippen molar-refractivity contribution in [3.8, 4) is 0 Å². The molecule has 2 unspecified atom stereocenters. The van der Waals surface area contributed by atoms with Crippen LogP contribution in [0.3, 0.4) is 0 Å². The Kier molecular flexibility index (Phi) is 4.71. The third-order valence-electron chi connectivity index (χ3n) is 4.81. The lowest BCUT2D eigenvalue weighted by Gasteiger charge is -2.38. The van der Waals surface area contributed by atoms with Gasteiger partial charge in [0.1, 0.15) is 0 Å². The van der Waals surface area contributed by atoms with Crippen LogP contribution in [0.2, 0.25) is 0 Å². The molecular formula is C17H27N3. The van der Waals surface area contributed by atoms with E-state index in [0.29, 0.717) is 6.04 Å². The van der Waals surface area contributed by atoms with E-state index in [0.717, 1.165) is 25.4 Å². The first kappa shape index (κ1) is 14.1. The topological polar surface area (TPSA) is 32.5 Å². The van der Waals surface area contributed by atoms with Crippen molar-refractivity contribution in [2.75, 3.05) is 32.7 Å². The van der Waals surface area contributed by atoms with Crippen molar-refractivity contribution in [3.63, 3.8) is 0 Å². The van der Waals surface area contributed by atoms with Gasteiger partial charge < -0.3 is 5.73 Å². The molecule has 20 heavy (non-hydrogen) atoms. The standard InChI is InChI=1S/C17H27N3/c18-16(9-8-15-5-2-1-3-6-15)13-19-11-12-20-10-4-7-17(20)14-19/h1-3,5-6,16-17H,4,7-14,18H2. The van der Waals surface area contributed by atoms with E-state index >= 15 is 0 Å². The van der Waals surface area contributed by atoms with E-state index in [9.17, 15) is 0 Å². The molecule has 2 atom stereocenters. The lowest BCUT2D eigenvalue weighted by atomic mass is 10.0. The number of fused-ring (bicyclic) bond motifs is 1. The summed E-state index contributed by atoms with van der Waals surface area (Å²) in [5.74, 6) is 0. The average Bonchev–Trinajstić information content (AvgIpc) is 2.94. The second-order valence-corrected chi connectivity index (χ2v) is 6.38. The molecule has 0 spiro atoms. The van der Waals surface area contributed by atoms with Crippen molar-refractivity contribution in [1.29, 1.82) is 0 Å². The number of hydrogen-bond donors (Lipinski definition) is 1. The third-order valence-corrected chi connectivity index (χ3v) is 4.81. The second kappa shape index (κ2) is 6.70. The van der Waals surface area contributed by atoms with Gasteiger partial charge in [0.25, 0.3) is 0 Å². The quantitative estimate of drug-likeness (QED) is 0.887. The van der Waals surface area contributed by atoms with Gasteiger partial charge in [0.05, 0.1) is 0 Å². The van der Waals surface area contributed by atoms with Crippen LogP contribution in [0.4, 0.5) is 0 Å². The van der Waals surface area contributed by atoms with Gasteiger partial charge in [-0.25, -0.2) is 0 Å². The van der Waals surface area contributed by atoms with Gasteiger partial charge in [0.15, 0.2) is 0 Å². The maximum atomic E-state index is 6.33. The molecule has 1 aromatic carbocycles. The minimum atomic E-state index is 0.308. The Balaban J connectivity index is 1.41. The lowest BCUT2D eigenvalue weighted by Crippen LogP contribution is -2.52. The van der Waals surface area contributed by atoms with Gasteiger partial charge in [-0.3, -0.25) is 9.80 Å². The van der Waals surface area contributed by atoms with E-state index in [-0.39, 0.29) is 0 Å². The van der Waals surface area contributed by atoms with E-state index in [1.54, 1.807) is 0 Å². The van der Waals surface area contributed by atoms with E-state index in [1.165, 1.54) is 44.6 Å². The number of aryl methyl sites for hydroxylation is 1. The van der Waals surface area contributed by atoms with Crippen LogP contribution in [-0.2, 0) is 6.42 Å². The maximum Gasteiger partial charge on any atom is 0.0224 e. The van der Waals surface area contributed by atoms with Gasteiger partial charge >= 0.3 is 0 Å². The Hall–Kier alpha value is -0.900. The highest BCUT2D eigenvalue weighted by atomic mass is 15.3. The van der Waals surface area contributed by atoms with Crippen LogP contribution in [0.5, 0.6) is 0 Å². The molecule has 3 heteroatoms. The highest BCUT2D eigenvalue weighted by molar-refractivity contribution is 5.14. The minimum Gasteiger partial charge on any atom is -0.327 e. The van der Waals surface area contributed by atoms with Crippen molar-refractivity contribution in [1.82, 2.24) is 9.80 Å². The Labute approximate surface area is 122 Å². The molecule has 3 rings (SSSR count). The lowest BCUT2D eigenvalue weighted by molar-refractivity contribution is 0.0991. The first-order valence-electron chi connectivity index (χ1n) is 8.07. The zero-order valence-electron chi connectivity index (χ0n) is 12.4. The first-order valence-corrected chi connectivity index (χ1v) is 8.07. The van der Waals surface area contributed by atoms with Crippen LogP contribution < -0.4 is 5.73 Å². The Morgan fingerprint density at radius 1 is 1.15 bits per heavy atom. The number of hydrogen-bond acceptors (Lipinski definition) is 3. The highest BCUT2D eigenvalue weighted by Crippen LogP contribution is 2.21. The Bertz CT molecular complexity index is 406. The molecule has 0 bridgehead atoms. The zero-order valence-corrected chi connectivity index (χ0v) is 12.4. The summed E-state index contributed by atoms with van der Waals surface area (Å²) in [5.41, 5.74) is 7.74. The Morgan fingerprint density at radius 2 is 2.00 bits per heavy atom. The fraction of sp³-hybridized carbons (Fsp3) is 0.647. The fourth-order valence-electron chi connectivity index (χ4n) is 3.64. The van der Waals surface area contributed by atoms with Crippen LogP contribution in [0.25, 0.3) is 0 Å². The molecule has 2 saturated heterocycles. The Morgan fingerprint density at radius 3 is 2.85 bits per heavy atom. The summed E-state index contributed by atoms with van der Waals surface area (Å²) in [6.07, 6.45) is 4.97. The average molecular weight is 273 g/mol. The zero-order chi connectivity index (χ0) is 13.8. The minimum absolute atomic E-state index is 0.308. The molecule has 2 aliphatic rings. The summed E-state index contributed by atoms with van der Waals surface area (Å²) < 4.78 is 0. The maximum absolute atomic E-state index is 6.33. The van der Waals surface area contributed by atoms with Gasteiger partial charge in [0.2, 0.25) is 0 Å². The van der Waals surface area contributed by atoms with Crippen molar-refractivity contribution < 1.29 is 0 Å². The van der Waals surface area contributed by atoms with Crippen LogP contribution in [0.15, 0.2) is 30.3 Å². The molecule has 110 valence electrons. The second-order valence-electron chi connectivity index (χ2n) is 6.38. The molecule has 2 aliphatic heterocycles. The largest absolute Gasteiger partial charge is 0.327 e. The van der Waals surface area contributed by atoms with Crippen LogP contribution in [-0.4, -0.2) is 54.6 Å². The normalized spacial score (nSPS) is 25.6. The number of piperazine rings is 1. The monoisotopic (exact) mass is 273 g/mol. The molecule has 0 amide bonds. The van der Waals surface area contributed by atoms with Crippen molar-refractivity contribution in [3.05, 3.63) is 35.9 Å². The van der Waals surface area contributed by atoms with Gasteiger partial charge in [-0.1, -0.05) is 30.3 Å². The molecule has 0 radical (unpaired) electrons. The van der Waals surface area contributed by atoms with Gasteiger partial charge in [-0.2, -0.15) is 0 Å². The number of rotatable bonds is 5. The molecule has 1 aromatic rings. The summed E-state index contributed by atoms with van der Waals surface area (Å²) in [5, 5.41) is 0. The third kappa shape index (κ3) is 3.60. The molecule has 0 aromatic heterocycles. The van der Waals surface area contributed by atoms with Crippen LogP contribution in [0.1, 0.15) is 24.8 Å². The SMILES string of the molecule is NC(CCc1ccccc1)CN1CCN2CCCC2C1. The fourth-order valence-corrected chi connectivity index (χ4v) is 3.64. The number of nitrogens with zero attached hydrogens (tertiary/aromatic N) is 2. The van der Waals surface area contributed by atoms with E-state index in [2.05, 4.69) is 40.1 Å². The molecule has 0 saturated carbocycles. The van der Waals surface area contributed by atoms with Gasteiger partial charge in [-0.15, -0.1) is 0 Å². The summed E-state index contributed by atoms with van der Waals surface area (Å²) in [6, 6.07) is 11.8.